The third-order valence-corrected chi connectivity index (χ3v) is 2.98. The molecule has 0 unspecified atom stereocenters. The fourth-order valence-electron chi connectivity index (χ4n) is 1.42. The molecule has 0 aromatic heterocycles. The Kier molecular flexibility index (Phi) is 6.01. The minimum atomic E-state index is -6.09. The molecule has 12 heteroatoms. The molecule has 0 amide bonds. The summed E-state index contributed by atoms with van der Waals surface area (Å²) in [4.78, 5) is 1.52. The molecule has 3 heterocycles. The lowest BCUT2D eigenvalue weighted by molar-refractivity contribution is -0.902. The molecule has 3 saturated heterocycles. The molecule has 2 bridgehead atoms. The topological polar surface area (TPSA) is 89.3 Å². The van der Waals surface area contributed by atoms with Crippen LogP contribution in [0.15, 0.2) is 0 Å². The summed E-state index contributed by atoms with van der Waals surface area (Å²) in [5.74, 6) is 0. The molecule has 0 atom stereocenters. The van der Waals surface area contributed by atoms with Crippen molar-refractivity contribution in [3.63, 3.8) is 0 Å². The second-order valence-electron chi connectivity index (χ2n) is 3.80. The first-order valence-corrected chi connectivity index (χ1v) is 6.81. The van der Waals surface area contributed by atoms with Crippen molar-refractivity contribution in [3.05, 3.63) is 0 Å². The average Bonchev–Trinajstić information content (AvgIpc) is 2.10. The predicted molar refractivity (Wildman–Crippen MR) is 54.9 cm³/mol. The molecule has 0 radical (unpaired) electrons. The van der Waals surface area contributed by atoms with Gasteiger partial charge in [0.05, 0.1) is 39.5 Å². The minimum Gasteiger partial charge on any atom is -0.741 e. The highest BCUT2D eigenvalue weighted by Gasteiger charge is 2.36. The van der Waals surface area contributed by atoms with Gasteiger partial charge in [0.2, 0.25) is 0 Å². The van der Waals surface area contributed by atoms with Gasteiger partial charge in [0.25, 0.3) is 0 Å². The molecule has 3 rings (SSSR count). The highest BCUT2D eigenvalue weighted by molar-refractivity contribution is 7.86. The van der Waals surface area contributed by atoms with E-state index in [0.29, 0.717) is 0 Å². The van der Waals surface area contributed by atoms with Crippen LogP contribution in [0.25, 0.3) is 0 Å². The van der Waals surface area contributed by atoms with Gasteiger partial charge in [-0.3, -0.25) is 0 Å². The van der Waals surface area contributed by atoms with Crippen LogP contribution in [-0.2, 0) is 24.1 Å². The van der Waals surface area contributed by atoms with Crippen molar-refractivity contribution in [2.45, 2.75) is 5.51 Å². The number of quaternary nitrogens is 1. The van der Waals surface area contributed by atoms with E-state index in [9.17, 15) is 13.2 Å². The SMILES string of the molecule is C1C[NH+]2CCOB(O1)OCC2.O=S(=O)([O-])C(F)(F)F. The molecule has 3 fully saturated rings. The molecule has 0 spiro atoms. The van der Waals surface area contributed by atoms with Crippen LogP contribution in [0, 0.1) is 0 Å². The highest BCUT2D eigenvalue weighted by atomic mass is 32.2. The van der Waals surface area contributed by atoms with Gasteiger partial charge in [0.1, 0.15) is 0 Å². The summed E-state index contributed by atoms with van der Waals surface area (Å²) >= 11 is 0. The van der Waals surface area contributed by atoms with Crippen molar-refractivity contribution in [3.8, 4) is 0 Å². The Balaban J connectivity index is 0.000000203. The number of fused-ring (bicyclic) bond motifs is 6. The van der Waals surface area contributed by atoms with E-state index in [1.54, 1.807) is 0 Å². The molecule has 1 N–H and O–H groups in total. The number of hydrogen-bond acceptors (Lipinski definition) is 6. The molecule has 19 heavy (non-hydrogen) atoms. The fourth-order valence-corrected chi connectivity index (χ4v) is 1.42. The van der Waals surface area contributed by atoms with Gasteiger partial charge < -0.3 is 23.4 Å². The number of alkyl halides is 3. The van der Waals surface area contributed by atoms with Crippen LogP contribution in [0.3, 0.4) is 0 Å². The van der Waals surface area contributed by atoms with Gasteiger partial charge in [-0.1, -0.05) is 0 Å². The lowest BCUT2D eigenvalue weighted by Gasteiger charge is -2.27. The Labute approximate surface area is 108 Å². The normalized spacial score (nSPS) is 22.0. The summed E-state index contributed by atoms with van der Waals surface area (Å²) in [7, 11) is -6.48. The molecular weight excluding hydrogens is 294 g/mol. The molecule has 0 aromatic rings. The van der Waals surface area contributed by atoms with Crippen LogP contribution in [0.4, 0.5) is 13.2 Å². The van der Waals surface area contributed by atoms with E-state index >= 15 is 0 Å². The maximum absolute atomic E-state index is 10.7. The Bertz CT molecular complexity index is 342. The summed E-state index contributed by atoms with van der Waals surface area (Å²) in [5.41, 5.74) is -5.65. The van der Waals surface area contributed by atoms with E-state index < -0.39 is 22.9 Å². The monoisotopic (exact) mass is 307 g/mol. The molecule has 3 aliphatic heterocycles. The van der Waals surface area contributed by atoms with Crippen molar-refractivity contribution >= 4 is 17.4 Å². The van der Waals surface area contributed by atoms with Gasteiger partial charge in [-0.25, -0.2) is 8.42 Å². The van der Waals surface area contributed by atoms with Gasteiger partial charge in [-0.2, -0.15) is 13.2 Å². The first-order chi connectivity index (χ1) is 8.70. The van der Waals surface area contributed by atoms with E-state index in [1.807, 2.05) is 0 Å². The average molecular weight is 307 g/mol. The Morgan fingerprint density at radius 3 is 1.58 bits per heavy atom. The Hall–Kier alpha value is -0.395. The molecule has 112 valence electrons. The number of rotatable bonds is 0. The second-order valence-corrected chi connectivity index (χ2v) is 5.17. The van der Waals surface area contributed by atoms with Crippen LogP contribution in [-0.4, -0.2) is 65.3 Å². The van der Waals surface area contributed by atoms with Crippen molar-refractivity contribution in [1.82, 2.24) is 0 Å². The van der Waals surface area contributed by atoms with E-state index in [2.05, 4.69) is 0 Å². The minimum absolute atomic E-state index is 0.392. The van der Waals surface area contributed by atoms with Gasteiger partial charge in [-0.15, -0.1) is 0 Å². The molecule has 0 aromatic carbocycles. The molecule has 0 saturated carbocycles. The third kappa shape index (κ3) is 6.06. The summed E-state index contributed by atoms with van der Waals surface area (Å²) in [6.45, 7) is 5.51. The summed E-state index contributed by atoms with van der Waals surface area (Å²) < 4.78 is 74.8. The second kappa shape index (κ2) is 6.86. The lowest BCUT2D eigenvalue weighted by Crippen LogP contribution is -3.14. The molecular formula is C7H13BF3NO6S. The predicted octanol–water partition coefficient (Wildman–Crippen LogP) is -2.02. The number of nitrogens with one attached hydrogen (secondary N) is 1. The first kappa shape index (κ1) is 16.7. The van der Waals surface area contributed by atoms with E-state index in [-0.39, 0.29) is 0 Å². The van der Waals surface area contributed by atoms with Crippen LogP contribution in [0.2, 0.25) is 0 Å². The van der Waals surface area contributed by atoms with Gasteiger partial charge in [0, 0.05) is 0 Å². The van der Waals surface area contributed by atoms with Gasteiger partial charge in [-0.05, 0) is 0 Å². The smallest absolute Gasteiger partial charge is 0.640 e. The van der Waals surface area contributed by atoms with Gasteiger partial charge in [0.15, 0.2) is 10.1 Å². The van der Waals surface area contributed by atoms with Crippen LogP contribution in [0.5, 0.6) is 0 Å². The first-order valence-electron chi connectivity index (χ1n) is 5.40. The Morgan fingerprint density at radius 1 is 1.00 bits per heavy atom. The van der Waals surface area contributed by atoms with Gasteiger partial charge >= 0.3 is 12.8 Å². The highest BCUT2D eigenvalue weighted by Crippen LogP contribution is 2.20. The van der Waals surface area contributed by atoms with Crippen LogP contribution >= 0.6 is 0 Å². The third-order valence-electron chi connectivity index (χ3n) is 2.41. The summed E-state index contributed by atoms with van der Waals surface area (Å²) in [6.07, 6.45) is 0. The molecule has 0 aliphatic carbocycles. The quantitative estimate of drug-likeness (QED) is 0.316. The number of halogens is 3. The Morgan fingerprint density at radius 2 is 1.32 bits per heavy atom. The van der Waals surface area contributed by atoms with E-state index in [1.165, 1.54) is 4.90 Å². The maximum atomic E-state index is 10.7. The zero-order valence-electron chi connectivity index (χ0n) is 9.81. The van der Waals surface area contributed by atoms with Crippen molar-refractivity contribution in [1.29, 1.82) is 0 Å². The standard InChI is InChI=1S/C6H12BNO3.CHF3O3S/c1-4-9-7-10-5-2-8(1)3-6-11-7;2-1(3,4)8(5,6)7/h1-6H2;(H,5,6,7). The van der Waals surface area contributed by atoms with Crippen LogP contribution in [0.1, 0.15) is 0 Å². The summed E-state index contributed by atoms with van der Waals surface area (Å²) in [5, 5.41) is 0. The lowest BCUT2D eigenvalue weighted by atomic mass is 10.2. The van der Waals surface area contributed by atoms with Crippen molar-refractivity contribution < 1.29 is 45.0 Å². The maximum Gasteiger partial charge on any atom is 0.640 e. The number of hydrogen-bond donors (Lipinski definition) is 1. The van der Waals surface area contributed by atoms with E-state index in [4.69, 9.17) is 26.9 Å². The van der Waals surface area contributed by atoms with E-state index in [0.717, 1.165) is 39.5 Å². The molecule has 7 nitrogen and oxygen atoms in total. The fraction of sp³-hybridized carbons (Fsp3) is 1.00. The summed E-state index contributed by atoms with van der Waals surface area (Å²) in [6, 6.07) is 0. The largest absolute Gasteiger partial charge is 0.741 e. The van der Waals surface area contributed by atoms with Crippen molar-refractivity contribution in [2.75, 3.05) is 39.5 Å². The molecule has 3 aliphatic rings. The van der Waals surface area contributed by atoms with Crippen LogP contribution < -0.4 is 4.90 Å². The zero-order valence-corrected chi connectivity index (χ0v) is 10.6. The zero-order chi connectivity index (χ0) is 14.5. The van der Waals surface area contributed by atoms with Crippen molar-refractivity contribution in [2.24, 2.45) is 0 Å².